The van der Waals surface area contributed by atoms with E-state index in [9.17, 15) is 26.7 Å². The van der Waals surface area contributed by atoms with Crippen LogP contribution in [0.4, 0.5) is 27.8 Å². The standard InChI is InChI=1S/C20H19F5N2O4/c1-29-18(28)12-2-7-17(26-9-12)27-10-16(8-14(27)11-30-19(21)22)31-15-5-3-13(4-6-15)20(23,24)25/h2-7,9,14,16,19H,8,10-11H2,1H3/t14-,16+/m0/s1. The van der Waals surface area contributed by atoms with Crippen molar-refractivity contribution in [1.29, 1.82) is 0 Å². The van der Waals surface area contributed by atoms with E-state index in [2.05, 4.69) is 14.5 Å². The van der Waals surface area contributed by atoms with Crippen LogP contribution in [0, 0.1) is 0 Å². The molecule has 3 rings (SSSR count). The van der Waals surface area contributed by atoms with Crippen molar-refractivity contribution in [2.45, 2.75) is 31.4 Å². The van der Waals surface area contributed by atoms with Gasteiger partial charge in [-0.05, 0) is 36.4 Å². The minimum Gasteiger partial charge on any atom is -0.489 e. The van der Waals surface area contributed by atoms with Crippen LogP contribution in [0.25, 0.3) is 0 Å². The fourth-order valence-electron chi connectivity index (χ4n) is 3.29. The lowest BCUT2D eigenvalue weighted by Gasteiger charge is -2.25. The van der Waals surface area contributed by atoms with E-state index in [0.29, 0.717) is 5.82 Å². The Bertz CT molecular complexity index is 875. The lowest BCUT2D eigenvalue weighted by atomic mass is 10.2. The van der Waals surface area contributed by atoms with Crippen LogP contribution in [0.3, 0.4) is 0 Å². The van der Waals surface area contributed by atoms with E-state index < -0.39 is 36.5 Å². The maximum absolute atomic E-state index is 12.7. The van der Waals surface area contributed by atoms with E-state index in [1.165, 1.54) is 31.5 Å². The van der Waals surface area contributed by atoms with Gasteiger partial charge >= 0.3 is 18.8 Å². The average Bonchev–Trinajstić information content (AvgIpc) is 3.14. The van der Waals surface area contributed by atoms with Gasteiger partial charge in [0.2, 0.25) is 0 Å². The Morgan fingerprint density at radius 2 is 1.90 bits per heavy atom. The minimum atomic E-state index is -4.46. The smallest absolute Gasteiger partial charge is 0.416 e. The maximum Gasteiger partial charge on any atom is 0.416 e. The van der Waals surface area contributed by atoms with Crippen LogP contribution in [-0.4, -0.2) is 50.0 Å². The maximum atomic E-state index is 12.7. The van der Waals surface area contributed by atoms with Crippen molar-refractivity contribution in [1.82, 2.24) is 4.98 Å². The Balaban J connectivity index is 1.73. The number of ether oxygens (including phenoxy) is 3. The molecule has 0 bridgehead atoms. The van der Waals surface area contributed by atoms with Crippen molar-refractivity contribution in [3.8, 4) is 5.75 Å². The van der Waals surface area contributed by atoms with Gasteiger partial charge in [-0.2, -0.15) is 22.0 Å². The molecule has 0 amide bonds. The Hall–Kier alpha value is -2.95. The highest BCUT2D eigenvalue weighted by Crippen LogP contribution is 2.32. The number of nitrogens with zero attached hydrogens (tertiary/aromatic N) is 2. The SMILES string of the molecule is COC(=O)c1ccc(N2C[C@H](Oc3ccc(C(F)(F)F)cc3)C[C@H]2COC(F)F)nc1. The Morgan fingerprint density at radius 1 is 1.19 bits per heavy atom. The van der Waals surface area contributed by atoms with E-state index in [1.807, 2.05) is 0 Å². The molecule has 2 aromatic rings. The number of alkyl halides is 5. The van der Waals surface area contributed by atoms with Crippen molar-refractivity contribution in [2.24, 2.45) is 0 Å². The molecule has 11 heteroatoms. The summed E-state index contributed by atoms with van der Waals surface area (Å²) >= 11 is 0. The number of halogens is 5. The van der Waals surface area contributed by atoms with Gasteiger partial charge in [0.1, 0.15) is 17.7 Å². The van der Waals surface area contributed by atoms with E-state index in [0.717, 1.165) is 12.1 Å². The number of anilines is 1. The number of hydrogen-bond acceptors (Lipinski definition) is 6. The van der Waals surface area contributed by atoms with Crippen molar-refractivity contribution in [3.05, 3.63) is 53.7 Å². The van der Waals surface area contributed by atoms with E-state index >= 15 is 0 Å². The fourth-order valence-corrected chi connectivity index (χ4v) is 3.29. The van der Waals surface area contributed by atoms with Crippen LogP contribution < -0.4 is 9.64 Å². The molecule has 0 saturated carbocycles. The summed E-state index contributed by atoms with van der Waals surface area (Å²) in [6.07, 6.45) is -3.36. The first-order valence-electron chi connectivity index (χ1n) is 9.22. The number of rotatable bonds is 7. The molecule has 0 spiro atoms. The van der Waals surface area contributed by atoms with Crippen LogP contribution >= 0.6 is 0 Å². The Kier molecular flexibility index (Phi) is 6.94. The molecular formula is C20H19F5N2O4. The van der Waals surface area contributed by atoms with Gasteiger partial charge < -0.3 is 19.1 Å². The van der Waals surface area contributed by atoms with Crippen LogP contribution in [0.1, 0.15) is 22.3 Å². The van der Waals surface area contributed by atoms with Gasteiger partial charge in [0.05, 0.1) is 37.4 Å². The summed E-state index contributed by atoms with van der Waals surface area (Å²) < 4.78 is 78.0. The third-order valence-electron chi connectivity index (χ3n) is 4.74. The molecule has 0 radical (unpaired) electrons. The summed E-state index contributed by atoms with van der Waals surface area (Å²) in [5, 5.41) is 0. The van der Waals surface area contributed by atoms with Crippen molar-refractivity contribution < 1.29 is 41.0 Å². The Morgan fingerprint density at radius 3 is 2.45 bits per heavy atom. The molecule has 31 heavy (non-hydrogen) atoms. The summed E-state index contributed by atoms with van der Waals surface area (Å²) in [6, 6.07) is 6.76. The first-order chi connectivity index (χ1) is 14.7. The molecule has 0 N–H and O–H groups in total. The Labute approximate surface area is 174 Å². The topological polar surface area (TPSA) is 60.9 Å². The average molecular weight is 446 g/mol. The second-order valence-corrected chi connectivity index (χ2v) is 6.79. The number of methoxy groups -OCH3 is 1. The molecule has 1 aliphatic rings. The van der Waals surface area contributed by atoms with Gasteiger partial charge in [-0.15, -0.1) is 0 Å². The second-order valence-electron chi connectivity index (χ2n) is 6.79. The normalized spacial score (nSPS) is 19.0. The number of aromatic nitrogens is 1. The molecule has 1 aromatic heterocycles. The van der Waals surface area contributed by atoms with Gasteiger partial charge in [0.25, 0.3) is 0 Å². The van der Waals surface area contributed by atoms with Gasteiger partial charge in [-0.3, -0.25) is 0 Å². The lowest BCUT2D eigenvalue weighted by molar-refractivity contribution is -0.137. The van der Waals surface area contributed by atoms with Gasteiger partial charge in [0.15, 0.2) is 0 Å². The predicted octanol–water partition coefficient (Wildman–Crippen LogP) is 4.15. The highest BCUT2D eigenvalue weighted by atomic mass is 19.4. The van der Waals surface area contributed by atoms with Crippen molar-refractivity contribution in [3.63, 3.8) is 0 Å². The third-order valence-corrected chi connectivity index (χ3v) is 4.74. The first-order valence-corrected chi connectivity index (χ1v) is 9.22. The lowest BCUT2D eigenvalue weighted by Crippen LogP contribution is -2.34. The molecule has 168 valence electrons. The van der Waals surface area contributed by atoms with E-state index in [4.69, 9.17) is 4.74 Å². The summed E-state index contributed by atoms with van der Waals surface area (Å²) in [5.41, 5.74) is -0.575. The number of benzene rings is 1. The molecule has 0 unspecified atom stereocenters. The highest BCUT2D eigenvalue weighted by Gasteiger charge is 2.35. The third kappa shape index (κ3) is 5.81. The van der Waals surface area contributed by atoms with Gasteiger partial charge in [-0.1, -0.05) is 0 Å². The summed E-state index contributed by atoms with van der Waals surface area (Å²) in [7, 11) is 1.23. The van der Waals surface area contributed by atoms with E-state index in [-0.39, 0.29) is 30.9 Å². The molecule has 1 aromatic carbocycles. The molecular weight excluding hydrogens is 427 g/mol. The molecule has 1 fully saturated rings. The number of pyridine rings is 1. The zero-order valence-electron chi connectivity index (χ0n) is 16.3. The molecule has 0 aliphatic carbocycles. The molecule has 1 saturated heterocycles. The molecule has 6 nitrogen and oxygen atoms in total. The number of carbonyl (C=O) groups excluding carboxylic acids is 1. The number of hydrogen-bond donors (Lipinski definition) is 0. The summed E-state index contributed by atoms with van der Waals surface area (Å²) in [4.78, 5) is 17.4. The van der Waals surface area contributed by atoms with E-state index in [1.54, 1.807) is 11.0 Å². The predicted molar refractivity (Wildman–Crippen MR) is 99.1 cm³/mol. The first kappa shape index (κ1) is 22.7. The van der Waals surface area contributed by atoms with Gasteiger partial charge in [-0.25, -0.2) is 9.78 Å². The summed E-state index contributed by atoms with van der Waals surface area (Å²) in [6.45, 7) is -3.01. The molecule has 2 heterocycles. The number of carbonyl (C=O) groups is 1. The quantitative estimate of drug-likeness (QED) is 0.471. The largest absolute Gasteiger partial charge is 0.489 e. The highest BCUT2D eigenvalue weighted by molar-refractivity contribution is 5.89. The van der Waals surface area contributed by atoms with Crippen LogP contribution in [0.2, 0.25) is 0 Å². The number of esters is 1. The zero-order chi connectivity index (χ0) is 22.6. The second kappa shape index (κ2) is 9.46. The van der Waals surface area contributed by atoms with Crippen LogP contribution in [0.5, 0.6) is 5.75 Å². The molecule has 2 atom stereocenters. The fraction of sp³-hybridized carbons (Fsp3) is 0.400. The van der Waals surface area contributed by atoms with Crippen molar-refractivity contribution >= 4 is 11.8 Å². The summed E-state index contributed by atoms with van der Waals surface area (Å²) in [5.74, 6) is 0.0676. The van der Waals surface area contributed by atoms with Crippen LogP contribution in [-0.2, 0) is 15.7 Å². The monoisotopic (exact) mass is 446 g/mol. The van der Waals surface area contributed by atoms with Gasteiger partial charge in [0, 0.05) is 12.6 Å². The zero-order valence-corrected chi connectivity index (χ0v) is 16.3. The van der Waals surface area contributed by atoms with Crippen molar-refractivity contribution in [2.75, 3.05) is 25.2 Å². The molecule has 1 aliphatic heterocycles. The minimum absolute atomic E-state index is 0.224. The van der Waals surface area contributed by atoms with Crippen LogP contribution in [0.15, 0.2) is 42.6 Å².